The molecule has 1 aromatic carbocycles. The summed E-state index contributed by atoms with van der Waals surface area (Å²) >= 11 is 0. The summed E-state index contributed by atoms with van der Waals surface area (Å²) in [7, 11) is 0. The molecule has 104 valence electrons. The van der Waals surface area contributed by atoms with Gasteiger partial charge < -0.3 is 10.6 Å². The minimum atomic E-state index is -0.334. The van der Waals surface area contributed by atoms with Crippen LogP contribution in [0.25, 0.3) is 0 Å². The van der Waals surface area contributed by atoms with Crippen molar-refractivity contribution in [3.63, 3.8) is 0 Å². The molecule has 0 aliphatic carbocycles. The van der Waals surface area contributed by atoms with E-state index in [2.05, 4.69) is 0 Å². The quantitative estimate of drug-likeness (QED) is 0.892. The fourth-order valence-corrected chi connectivity index (χ4v) is 2.76. The zero-order chi connectivity index (χ0) is 14.0. The highest BCUT2D eigenvalue weighted by Crippen LogP contribution is 2.24. The molecule has 1 heterocycles. The number of amides is 1. The van der Waals surface area contributed by atoms with Crippen molar-refractivity contribution >= 4 is 5.91 Å². The van der Waals surface area contributed by atoms with Crippen molar-refractivity contribution in [2.45, 2.75) is 45.2 Å². The zero-order valence-corrected chi connectivity index (χ0v) is 11.5. The highest BCUT2D eigenvalue weighted by molar-refractivity contribution is 5.94. The van der Waals surface area contributed by atoms with Gasteiger partial charge >= 0.3 is 0 Å². The maximum atomic E-state index is 13.6. The molecule has 1 aliphatic rings. The second-order valence-corrected chi connectivity index (χ2v) is 5.35. The first-order valence-electron chi connectivity index (χ1n) is 6.83. The average Bonchev–Trinajstić information content (AvgIpc) is 2.40. The zero-order valence-electron chi connectivity index (χ0n) is 11.5. The molecule has 2 N–H and O–H groups in total. The molecule has 1 fully saturated rings. The minimum absolute atomic E-state index is 0.0700. The van der Waals surface area contributed by atoms with Crippen molar-refractivity contribution in [3.8, 4) is 0 Å². The van der Waals surface area contributed by atoms with Gasteiger partial charge in [0.05, 0.1) is 0 Å². The molecule has 0 saturated carbocycles. The number of rotatable bonds is 2. The van der Waals surface area contributed by atoms with Crippen molar-refractivity contribution in [3.05, 3.63) is 35.1 Å². The molecule has 2 rings (SSSR count). The van der Waals surface area contributed by atoms with Crippen LogP contribution in [0, 0.1) is 12.7 Å². The molecule has 0 spiro atoms. The molecule has 1 aliphatic heterocycles. The molecule has 1 saturated heterocycles. The second-order valence-electron chi connectivity index (χ2n) is 5.35. The van der Waals surface area contributed by atoms with E-state index in [1.165, 1.54) is 6.07 Å². The van der Waals surface area contributed by atoms with Crippen LogP contribution in [-0.2, 0) is 0 Å². The highest BCUT2D eigenvalue weighted by Gasteiger charge is 2.31. The Balaban J connectivity index is 2.27. The summed E-state index contributed by atoms with van der Waals surface area (Å²) in [5.74, 6) is -0.443. The molecule has 19 heavy (non-hydrogen) atoms. The van der Waals surface area contributed by atoms with Crippen molar-refractivity contribution in [1.29, 1.82) is 0 Å². The van der Waals surface area contributed by atoms with Gasteiger partial charge in [0.2, 0.25) is 0 Å². The molecular formula is C15H21FN2O. The Labute approximate surface area is 113 Å². The first kappa shape index (κ1) is 14.0. The van der Waals surface area contributed by atoms with Crippen molar-refractivity contribution in [1.82, 2.24) is 4.90 Å². The van der Waals surface area contributed by atoms with Gasteiger partial charge in [-0.2, -0.15) is 0 Å². The van der Waals surface area contributed by atoms with E-state index in [1.54, 1.807) is 19.1 Å². The van der Waals surface area contributed by atoms with Gasteiger partial charge in [-0.1, -0.05) is 6.07 Å². The van der Waals surface area contributed by atoms with Crippen LogP contribution in [0.4, 0.5) is 4.39 Å². The maximum absolute atomic E-state index is 13.6. The molecule has 2 unspecified atom stereocenters. The number of hydrogen-bond acceptors (Lipinski definition) is 2. The Kier molecular flexibility index (Phi) is 4.20. The van der Waals surface area contributed by atoms with E-state index in [0.717, 1.165) is 19.3 Å². The van der Waals surface area contributed by atoms with Crippen LogP contribution >= 0.6 is 0 Å². The molecule has 0 aromatic heterocycles. The Morgan fingerprint density at radius 1 is 1.47 bits per heavy atom. The van der Waals surface area contributed by atoms with E-state index in [9.17, 15) is 9.18 Å². The summed E-state index contributed by atoms with van der Waals surface area (Å²) < 4.78 is 13.6. The SMILES string of the molecule is Cc1ccc(C(=O)N2C(C)CCCC2CN)cc1F. The van der Waals surface area contributed by atoms with Crippen molar-refractivity contribution in [2.75, 3.05) is 6.54 Å². The Bertz CT molecular complexity index is 475. The van der Waals surface area contributed by atoms with Crippen LogP contribution in [-0.4, -0.2) is 29.4 Å². The average molecular weight is 264 g/mol. The van der Waals surface area contributed by atoms with Gasteiger partial charge in [-0.05, 0) is 50.8 Å². The monoisotopic (exact) mass is 264 g/mol. The van der Waals surface area contributed by atoms with Gasteiger partial charge in [-0.25, -0.2) is 4.39 Å². The minimum Gasteiger partial charge on any atom is -0.332 e. The number of benzene rings is 1. The van der Waals surface area contributed by atoms with Gasteiger partial charge in [0, 0.05) is 24.2 Å². The molecule has 4 heteroatoms. The number of piperidine rings is 1. The number of nitrogens with two attached hydrogens (primary N) is 1. The number of carbonyl (C=O) groups is 1. The summed E-state index contributed by atoms with van der Waals surface area (Å²) in [6.07, 6.45) is 3.01. The van der Waals surface area contributed by atoms with Gasteiger partial charge in [0.25, 0.3) is 5.91 Å². The predicted octanol–water partition coefficient (Wildman–Crippen LogP) is 2.48. The van der Waals surface area contributed by atoms with Crippen molar-refractivity contribution < 1.29 is 9.18 Å². The lowest BCUT2D eigenvalue weighted by atomic mass is 9.95. The third-order valence-corrected chi connectivity index (χ3v) is 3.95. The topological polar surface area (TPSA) is 46.3 Å². The Morgan fingerprint density at radius 3 is 2.84 bits per heavy atom. The second kappa shape index (κ2) is 5.70. The van der Waals surface area contributed by atoms with Crippen molar-refractivity contribution in [2.24, 2.45) is 5.73 Å². The first-order chi connectivity index (χ1) is 9.04. The lowest BCUT2D eigenvalue weighted by Crippen LogP contribution is -2.51. The predicted molar refractivity (Wildman–Crippen MR) is 73.5 cm³/mol. The maximum Gasteiger partial charge on any atom is 0.254 e. The molecule has 3 nitrogen and oxygen atoms in total. The third kappa shape index (κ3) is 2.78. The fourth-order valence-electron chi connectivity index (χ4n) is 2.76. The van der Waals surface area contributed by atoms with E-state index in [-0.39, 0.29) is 23.8 Å². The van der Waals surface area contributed by atoms with E-state index >= 15 is 0 Å². The molecule has 0 radical (unpaired) electrons. The molecule has 1 aromatic rings. The summed E-state index contributed by atoms with van der Waals surface area (Å²) in [6.45, 7) is 4.19. The molecular weight excluding hydrogens is 243 g/mol. The Hall–Kier alpha value is -1.42. The first-order valence-corrected chi connectivity index (χ1v) is 6.83. The van der Waals surface area contributed by atoms with Crippen LogP contribution in [0.5, 0.6) is 0 Å². The summed E-state index contributed by atoms with van der Waals surface area (Å²) in [5.41, 5.74) is 6.72. The molecule has 1 amide bonds. The van der Waals surface area contributed by atoms with Gasteiger partial charge in [0.1, 0.15) is 5.82 Å². The normalized spacial score (nSPS) is 23.5. The summed E-state index contributed by atoms with van der Waals surface area (Å²) in [4.78, 5) is 14.4. The van der Waals surface area contributed by atoms with Gasteiger partial charge in [0.15, 0.2) is 0 Å². The van der Waals surface area contributed by atoms with Crippen LogP contribution in [0.2, 0.25) is 0 Å². The fraction of sp³-hybridized carbons (Fsp3) is 0.533. The van der Waals surface area contributed by atoms with Crippen LogP contribution < -0.4 is 5.73 Å². The lowest BCUT2D eigenvalue weighted by molar-refractivity contribution is 0.0493. The molecule has 2 atom stereocenters. The summed E-state index contributed by atoms with van der Waals surface area (Å²) in [5, 5.41) is 0. The standard InChI is InChI=1S/C15H21FN2O/c1-10-6-7-12(8-14(10)16)15(19)18-11(2)4-3-5-13(18)9-17/h6-8,11,13H,3-5,9,17H2,1-2H3. The number of aryl methyl sites for hydroxylation is 1. The Morgan fingerprint density at radius 2 is 2.21 bits per heavy atom. The number of likely N-dealkylation sites (tertiary alicyclic amines) is 1. The van der Waals surface area contributed by atoms with Gasteiger partial charge in [-0.15, -0.1) is 0 Å². The van der Waals surface area contributed by atoms with Crippen LogP contribution in [0.1, 0.15) is 42.1 Å². The third-order valence-electron chi connectivity index (χ3n) is 3.95. The van der Waals surface area contributed by atoms with Gasteiger partial charge in [-0.3, -0.25) is 4.79 Å². The number of carbonyl (C=O) groups excluding carboxylic acids is 1. The number of halogens is 1. The lowest BCUT2D eigenvalue weighted by Gasteiger charge is -2.40. The highest BCUT2D eigenvalue weighted by atomic mass is 19.1. The van der Waals surface area contributed by atoms with E-state index < -0.39 is 0 Å². The van der Waals surface area contributed by atoms with Crippen LogP contribution in [0.15, 0.2) is 18.2 Å². The summed E-state index contributed by atoms with van der Waals surface area (Å²) in [6, 6.07) is 4.90. The van der Waals surface area contributed by atoms with E-state index in [0.29, 0.717) is 17.7 Å². The van der Waals surface area contributed by atoms with Crippen LogP contribution in [0.3, 0.4) is 0 Å². The largest absolute Gasteiger partial charge is 0.332 e. The van der Waals surface area contributed by atoms with E-state index in [4.69, 9.17) is 5.73 Å². The van der Waals surface area contributed by atoms with E-state index in [1.807, 2.05) is 11.8 Å². The smallest absolute Gasteiger partial charge is 0.254 e. The number of hydrogen-bond donors (Lipinski definition) is 1. The molecule has 0 bridgehead atoms. The number of nitrogens with zero attached hydrogens (tertiary/aromatic N) is 1.